The van der Waals surface area contributed by atoms with Crippen molar-refractivity contribution in [3.63, 3.8) is 0 Å². The summed E-state index contributed by atoms with van der Waals surface area (Å²) < 4.78 is 92.0. The number of thiocarbonyl (C=S) groups is 1. The van der Waals surface area contributed by atoms with Crippen molar-refractivity contribution in [2.24, 2.45) is 7.05 Å². The van der Waals surface area contributed by atoms with E-state index in [0.29, 0.717) is 80.2 Å². The minimum absolute atomic E-state index is 0.00212. The van der Waals surface area contributed by atoms with Gasteiger partial charge in [0, 0.05) is 57.7 Å². The number of piperidine rings is 1. The maximum atomic E-state index is 14.4. The highest BCUT2D eigenvalue weighted by Gasteiger charge is 2.53. The van der Waals surface area contributed by atoms with Crippen LogP contribution < -0.4 is 15.5 Å². The zero-order chi connectivity index (χ0) is 45.6. The molecule has 3 aromatic rings. The molecule has 22 heteroatoms. The number of aromatic nitrogens is 3. The van der Waals surface area contributed by atoms with Crippen LogP contribution in [-0.2, 0) is 37.1 Å². The molecule has 1 aromatic carbocycles. The molecule has 63 heavy (non-hydrogen) atoms. The molecule has 3 saturated heterocycles. The Labute approximate surface area is 363 Å². The van der Waals surface area contributed by atoms with Crippen molar-refractivity contribution in [3.05, 3.63) is 47.4 Å². The van der Waals surface area contributed by atoms with Crippen LogP contribution in [0.15, 0.2) is 30.5 Å². The second kappa shape index (κ2) is 17.7. The monoisotopic (exact) mass is 904 g/mol. The first-order valence-corrected chi connectivity index (χ1v) is 21.0. The Kier molecular flexibility index (Phi) is 12.9. The Balaban J connectivity index is 0.886. The van der Waals surface area contributed by atoms with Crippen molar-refractivity contribution >= 4 is 63.2 Å². The Bertz CT molecular complexity index is 2340. The molecule has 3 aliphatic heterocycles. The molecule has 4 amide bonds. The van der Waals surface area contributed by atoms with Crippen LogP contribution in [0.5, 0.6) is 0 Å². The number of alkyl halides is 6. The summed E-state index contributed by atoms with van der Waals surface area (Å²) in [6.07, 6.45) is -5.38. The largest absolute Gasteiger partial charge is 0.419 e. The maximum absolute atomic E-state index is 14.4. The third-order valence-corrected chi connectivity index (χ3v) is 12.7. The number of rotatable bonds is 11. The summed E-state index contributed by atoms with van der Waals surface area (Å²) >= 11 is 5.66. The number of nitriles is 1. The number of hydrogen-bond acceptors (Lipinski definition) is 11. The van der Waals surface area contributed by atoms with Crippen LogP contribution in [0.25, 0.3) is 10.9 Å². The normalized spacial score (nSPS) is 23.9. The predicted molar refractivity (Wildman–Crippen MR) is 219 cm³/mol. The van der Waals surface area contributed by atoms with Crippen molar-refractivity contribution in [1.82, 2.24) is 34.8 Å². The fraction of sp³-hybridized carbons (Fsp3) is 0.561. The fourth-order valence-electron chi connectivity index (χ4n) is 9.17. The molecule has 2 atom stereocenters. The standard InChI is InChI=1S/C41H46F6N10O5S/c1-39(2)37(61)56(24-18-28(40(42,43)44)30(19-48)49-20-24)38(63)57(39)23-8-10-25(11-9-23)62-17-5-14-54-15-16-55(31(21-54)41(45,46)47)22-33(59)50-29-7-4-6-26-34(52-53(3)35(26)29)27-12-13-32(58)51-36(27)60/h4,6-7,18,20,23,25,27,31H,5,8-17,21-22H2,1-3H3,(H,50,59)(H,51,58,60)/t23?,25?,27?,31-/m1/s1. The molecular formula is C41H46F6N10O5S. The van der Waals surface area contributed by atoms with Gasteiger partial charge in [-0.2, -0.15) is 36.7 Å². The van der Waals surface area contributed by atoms with Crippen molar-refractivity contribution in [2.75, 3.05) is 49.5 Å². The van der Waals surface area contributed by atoms with Crippen LogP contribution in [0.1, 0.15) is 81.7 Å². The zero-order valence-corrected chi connectivity index (χ0v) is 35.5. The van der Waals surface area contributed by atoms with Gasteiger partial charge in [0.2, 0.25) is 17.7 Å². The number of nitrogens with zero attached hydrogens (tertiary/aromatic N) is 8. The summed E-state index contributed by atoms with van der Waals surface area (Å²) in [6.45, 7) is 3.41. The molecule has 4 aliphatic rings. The fourth-order valence-corrected chi connectivity index (χ4v) is 9.74. The van der Waals surface area contributed by atoms with Gasteiger partial charge < -0.3 is 19.9 Å². The quantitative estimate of drug-likeness (QED) is 0.115. The molecular weight excluding hydrogens is 859 g/mol. The van der Waals surface area contributed by atoms with E-state index < -0.39 is 65.4 Å². The molecule has 0 radical (unpaired) electrons. The van der Waals surface area contributed by atoms with Crippen LogP contribution in [-0.4, -0.2) is 127 Å². The summed E-state index contributed by atoms with van der Waals surface area (Å²) in [4.78, 5) is 60.4. The Morgan fingerprint density at radius 1 is 1.08 bits per heavy atom. The number of para-hydroxylation sites is 1. The van der Waals surface area contributed by atoms with E-state index in [1.807, 2.05) is 0 Å². The number of hydrogen-bond donors (Lipinski definition) is 2. The number of carbonyl (C=O) groups is 4. The number of ether oxygens (including phenoxy) is 1. The lowest BCUT2D eigenvalue weighted by Gasteiger charge is -2.42. The number of benzene rings is 1. The highest BCUT2D eigenvalue weighted by atomic mass is 32.1. The van der Waals surface area contributed by atoms with Crippen LogP contribution in [0.4, 0.5) is 37.7 Å². The molecule has 7 rings (SSSR count). The van der Waals surface area contributed by atoms with Crippen molar-refractivity contribution < 1.29 is 50.3 Å². The molecule has 4 fully saturated rings. The van der Waals surface area contributed by atoms with Crippen molar-refractivity contribution in [1.29, 1.82) is 5.26 Å². The number of anilines is 2. The number of halogens is 6. The highest BCUT2D eigenvalue weighted by Crippen LogP contribution is 2.41. The van der Waals surface area contributed by atoms with E-state index in [0.717, 1.165) is 16.0 Å². The number of amides is 4. The van der Waals surface area contributed by atoms with E-state index in [4.69, 9.17) is 22.2 Å². The van der Waals surface area contributed by atoms with Gasteiger partial charge in [0.1, 0.15) is 17.6 Å². The van der Waals surface area contributed by atoms with E-state index in [9.17, 15) is 45.5 Å². The van der Waals surface area contributed by atoms with Gasteiger partial charge in [-0.15, -0.1) is 0 Å². The van der Waals surface area contributed by atoms with Crippen LogP contribution in [0.2, 0.25) is 0 Å². The summed E-state index contributed by atoms with van der Waals surface area (Å²) in [5.74, 6) is -2.66. The van der Waals surface area contributed by atoms with Crippen LogP contribution in [0.3, 0.4) is 0 Å². The second-order valence-electron chi connectivity index (χ2n) is 16.8. The van der Waals surface area contributed by atoms with Crippen LogP contribution >= 0.6 is 12.2 Å². The SMILES string of the molecule is Cn1nc(C2CCC(=O)NC2=O)c2cccc(NC(=O)CN3CCN(CCCOC4CCC(N5C(=S)N(c6cnc(C#N)c(C(F)(F)F)c6)C(=O)C5(C)C)CC4)C[C@@H]3C(F)(F)F)c21. The molecule has 2 N–H and O–H groups in total. The van der Waals surface area contributed by atoms with Crippen molar-refractivity contribution in [3.8, 4) is 6.07 Å². The van der Waals surface area contributed by atoms with Gasteiger partial charge in [-0.3, -0.25) is 39.0 Å². The minimum atomic E-state index is -4.87. The number of piperazine rings is 1. The first-order valence-electron chi connectivity index (χ1n) is 20.6. The van der Waals surface area contributed by atoms with Crippen molar-refractivity contribution in [2.45, 2.75) is 101 Å². The summed E-state index contributed by atoms with van der Waals surface area (Å²) in [5.41, 5.74) is -2.18. The minimum Gasteiger partial charge on any atom is -0.378 e. The Morgan fingerprint density at radius 2 is 1.81 bits per heavy atom. The predicted octanol–water partition coefficient (Wildman–Crippen LogP) is 5.00. The Hall–Kier alpha value is -5.24. The molecule has 5 heterocycles. The number of fused-ring (bicyclic) bond motifs is 1. The molecule has 15 nitrogen and oxygen atoms in total. The number of pyridine rings is 1. The lowest BCUT2D eigenvalue weighted by atomic mass is 9.89. The van der Waals surface area contributed by atoms with Gasteiger partial charge in [-0.25, -0.2) is 4.98 Å². The van der Waals surface area contributed by atoms with Gasteiger partial charge in [0.05, 0.1) is 52.9 Å². The lowest BCUT2D eigenvalue weighted by Crippen LogP contribution is -2.60. The molecule has 1 aliphatic carbocycles. The second-order valence-corrected chi connectivity index (χ2v) is 17.2. The molecule has 1 unspecified atom stereocenters. The summed E-state index contributed by atoms with van der Waals surface area (Å²) in [7, 11) is 1.63. The van der Waals surface area contributed by atoms with E-state index in [1.165, 1.54) is 10.8 Å². The van der Waals surface area contributed by atoms with E-state index in [2.05, 4.69) is 20.7 Å². The maximum Gasteiger partial charge on any atom is 0.419 e. The molecule has 0 spiro atoms. The Morgan fingerprint density at radius 3 is 2.48 bits per heavy atom. The summed E-state index contributed by atoms with van der Waals surface area (Å²) in [5, 5.41) is 19.3. The van der Waals surface area contributed by atoms with Gasteiger partial charge in [-0.1, -0.05) is 12.1 Å². The van der Waals surface area contributed by atoms with Gasteiger partial charge >= 0.3 is 12.4 Å². The van der Waals surface area contributed by atoms with E-state index in [-0.39, 0.29) is 54.8 Å². The molecule has 0 bridgehead atoms. The van der Waals surface area contributed by atoms with Gasteiger partial charge in [0.25, 0.3) is 5.91 Å². The zero-order valence-electron chi connectivity index (χ0n) is 34.7. The number of carbonyl (C=O) groups excluding carboxylic acids is 4. The third-order valence-electron chi connectivity index (χ3n) is 12.3. The highest BCUT2D eigenvalue weighted by molar-refractivity contribution is 7.80. The average molecular weight is 905 g/mol. The average Bonchev–Trinajstić information content (AvgIpc) is 3.64. The number of nitrogens with one attached hydrogen (secondary N) is 2. The molecule has 1 saturated carbocycles. The smallest absolute Gasteiger partial charge is 0.378 e. The van der Waals surface area contributed by atoms with Crippen LogP contribution in [0, 0.1) is 11.3 Å². The van der Waals surface area contributed by atoms with E-state index in [1.54, 1.807) is 48.9 Å². The molecule has 2 aromatic heterocycles. The molecule has 338 valence electrons. The van der Waals surface area contributed by atoms with E-state index >= 15 is 0 Å². The third kappa shape index (κ3) is 9.37. The van der Waals surface area contributed by atoms with Gasteiger partial charge in [0.15, 0.2) is 10.8 Å². The van der Waals surface area contributed by atoms with Gasteiger partial charge in [-0.05, 0) is 76.7 Å². The number of aryl methyl sites for hydroxylation is 1. The summed E-state index contributed by atoms with van der Waals surface area (Å²) in [6, 6.07) is 5.04. The topological polar surface area (TPSA) is 169 Å². The lowest BCUT2D eigenvalue weighted by molar-refractivity contribution is -0.197. The first kappa shape index (κ1) is 45.8. The first-order chi connectivity index (χ1) is 29.7. The number of imide groups is 1.